The molecule has 0 amide bonds. The van der Waals surface area contributed by atoms with Crippen molar-refractivity contribution in [1.82, 2.24) is 4.57 Å². The smallest absolute Gasteiger partial charge is 0.0610 e. The molecule has 2 rings (SSSR count). The van der Waals surface area contributed by atoms with Crippen molar-refractivity contribution in [1.29, 1.82) is 0 Å². The summed E-state index contributed by atoms with van der Waals surface area (Å²) in [7, 11) is 0. The van der Waals surface area contributed by atoms with Crippen LogP contribution >= 0.6 is 0 Å². The highest BCUT2D eigenvalue weighted by Crippen LogP contribution is 2.25. The molecule has 86 valence electrons. The van der Waals surface area contributed by atoms with Gasteiger partial charge in [0, 0.05) is 23.1 Å². The predicted molar refractivity (Wildman–Crippen MR) is 66.5 cm³/mol. The maximum Gasteiger partial charge on any atom is 0.0610 e. The Bertz CT molecular complexity index is 445. The molecule has 0 saturated heterocycles. The monoisotopic (exact) mass is 218 g/mol. The van der Waals surface area contributed by atoms with Crippen molar-refractivity contribution >= 4 is 10.9 Å². The van der Waals surface area contributed by atoms with Gasteiger partial charge in [0.2, 0.25) is 0 Å². The highest BCUT2D eigenvalue weighted by atomic mass is 16.3. The van der Waals surface area contributed by atoms with Crippen molar-refractivity contribution in [3.05, 3.63) is 35.5 Å². The molecule has 0 aliphatic rings. The number of aliphatic hydroxyl groups is 1. The maximum absolute atomic E-state index is 9.10. The van der Waals surface area contributed by atoms with Gasteiger partial charge < -0.3 is 15.4 Å². The molecule has 0 fully saturated rings. The Hall–Kier alpha value is -1.32. The second-order valence-electron chi connectivity index (χ2n) is 4.00. The van der Waals surface area contributed by atoms with E-state index < -0.39 is 0 Å². The van der Waals surface area contributed by atoms with Gasteiger partial charge in [0.1, 0.15) is 0 Å². The highest BCUT2D eigenvalue weighted by Gasteiger charge is 2.11. The largest absolute Gasteiger partial charge is 0.395 e. The molecule has 1 aromatic carbocycles. The lowest BCUT2D eigenvalue weighted by Crippen LogP contribution is -2.06. The van der Waals surface area contributed by atoms with Crippen LogP contribution in [0.4, 0.5) is 0 Å². The molecule has 3 heteroatoms. The summed E-state index contributed by atoms with van der Waals surface area (Å²) in [6.45, 7) is 3.58. The summed E-state index contributed by atoms with van der Waals surface area (Å²) in [4.78, 5) is 0. The molecule has 1 aromatic heterocycles. The van der Waals surface area contributed by atoms with E-state index in [9.17, 15) is 0 Å². The Balaban J connectivity index is 2.64. The van der Waals surface area contributed by atoms with Crippen LogP contribution < -0.4 is 5.73 Å². The fourth-order valence-corrected chi connectivity index (χ4v) is 2.35. The lowest BCUT2D eigenvalue weighted by Gasteiger charge is -2.05. The fraction of sp³-hybridized carbons (Fsp3) is 0.385. The van der Waals surface area contributed by atoms with E-state index in [2.05, 4.69) is 23.6 Å². The van der Waals surface area contributed by atoms with Crippen LogP contribution in [-0.2, 0) is 13.0 Å². The van der Waals surface area contributed by atoms with E-state index >= 15 is 0 Å². The molecular weight excluding hydrogens is 200 g/mol. The van der Waals surface area contributed by atoms with Crippen molar-refractivity contribution in [2.24, 2.45) is 5.73 Å². The van der Waals surface area contributed by atoms with E-state index in [0.29, 0.717) is 13.1 Å². The van der Waals surface area contributed by atoms with Crippen LogP contribution in [0.2, 0.25) is 0 Å². The summed E-state index contributed by atoms with van der Waals surface area (Å²) >= 11 is 0. The van der Waals surface area contributed by atoms with Crippen LogP contribution in [0.1, 0.15) is 11.3 Å². The quantitative estimate of drug-likeness (QED) is 0.816. The first-order valence-electron chi connectivity index (χ1n) is 5.67. The molecule has 0 aliphatic carbocycles. The lowest BCUT2D eigenvalue weighted by atomic mass is 10.1. The van der Waals surface area contributed by atoms with Gasteiger partial charge in [-0.05, 0) is 31.5 Å². The van der Waals surface area contributed by atoms with Gasteiger partial charge in [-0.1, -0.05) is 18.2 Å². The van der Waals surface area contributed by atoms with E-state index in [4.69, 9.17) is 10.8 Å². The van der Waals surface area contributed by atoms with Crippen LogP contribution in [0.25, 0.3) is 10.9 Å². The SMILES string of the molecule is Cc1c(CCN)c2ccccc2n1CCO. The molecule has 0 aliphatic heterocycles. The van der Waals surface area contributed by atoms with Crippen molar-refractivity contribution in [2.45, 2.75) is 19.9 Å². The van der Waals surface area contributed by atoms with Crippen LogP contribution in [0.3, 0.4) is 0 Å². The Morgan fingerprint density at radius 2 is 2.06 bits per heavy atom. The Labute approximate surface area is 95.5 Å². The van der Waals surface area contributed by atoms with Crippen LogP contribution in [0.15, 0.2) is 24.3 Å². The average Bonchev–Trinajstić information content (AvgIpc) is 2.56. The summed E-state index contributed by atoms with van der Waals surface area (Å²) in [6, 6.07) is 8.30. The molecule has 0 atom stereocenters. The summed E-state index contributed by atoms with van der Waals surface area (Å²) in [5, 5.41) is 10.4. The molecule has 16 heavy (non-hydrogen) atoms. The topological polar surface area (TPSA) is 51.2 Å². The number of benzene rings is 1. The summed E-state index contributed by atoms with van der Waals surface area (Å²) in [6.07, 6.45) is 0.894. The number of aromatic nitrogens is 1. The summed E-state index contributed by atoms with van der Waals surface area (Å²) in [5.74, 6) is 0. The molecule has 3 nitrogen and oxygen atoms in total. The van der Waals surface area contributed by atoms with Gasteiger partial charge in [-0.3, -0.25) is 0 Å². The number of nitrogens with zero attached hydrogens (tertiary/aromatic N) is 1. The number of fused-ring (bicyclic) bond motifs is 1. The van der Waals surface area contributed by atoms with Gasteiger partial charge in [0.15, 0.2) is 0 Å². The number of hydrogen-bond acceptors (Lipinski definition) is 2. The van der Waals surface area contributed by atoms with E-state index in [1.807, 2.05) is 12.1 Å². The van der Waals surface area contributed by atoms with Crippen LogP contribution in [0, 0.1) is 6.92 Å². The highest BCUT2D eigenvalue weighted by molar-refractivity contribution is 5.85. The average molecular weight is 218 g/mol. The van der Waals surface area contributed by atoms with Gasteiger partial charge in [0.05, 0.1) is 6.61 Å². The Morgan fingerprint density at radius 3 is 2.75 bits per heavy atom. The van der Waals surface area contributed by atoms with Gasteiger partial charge in [-0.2, -0.15) is 0 Å². The first kappa shape index (κ1) is 11.2. The molecule has 3 N–H and O–H groups in total. The fourth-order valence-electron chi connectivity index (χ4n) is 2.35. The zero-order valence-corrected chi connectivity index (χ0v) is 9.61. The third-order valence-corrected chi connectivity index (χ3v) is 3.08. The molecule has 0 unspecified atom stereocenters. The standard InChI is InChI=1S/C13H18N2O/c1-10-11(6-7-14)12-4-2-3-5-13(12)15(10)8-9-16/h2-5,16H,6-9,14H2,1H3. The van der Waals surface area contributed by atoms with Crippen molar-refractivity contribution in [3.8, 4) is 0 Å². The predicted octanol–water partition coefficient (Wildman–Crippen LogP) is 1.44. The maximum atomic E-state index is 9.10. The molecule has 0 saturated carbocycles. The minimum Gasteiger partial charge on any atom is -0.395 e. The number of aliphatic hydroxyl groups excluding tert-OH is 1. The molecule has 0 radical (unpaired) electrons. The molecule has 2 aromatic rings. The minimum atomic E-state index is 0.168. The zero-order chi connectivity index (χ0) is 11.5. The van der Waals surface area contributed by atoms with Gasteiger partial charge >= 0.3 is 0 Å². The second kappa shape index (κ2) is 4.68. The first-order valence-corrected chi connectivity index (χ1v) is 5.67. The molecular formula is C13H18N2O. The van der Waals surface area contributed by atoms with E-state index in [-0.39, 0.29) is 6.61 Å². The number of rotatable bonds is 4. The van der Waals surface area contributed by atoms with Crippen LogP contribution in [0.5, 0.6) is 0 Å². The lowest BCUT2D eigenvalue weighted by molar-refractivity contribution is 0.277. The number of hydrogen-bond donors (Lipinski definition) is 2. The van der Waals surface area contributed by atoms with Crippen LogP contribution in [-0.4, -0.2) is 22.8 Å². The Morgan fingerprint density at radius 1 is 1.31 bits per heavy atom. The first-order chi connectivity index (χ1) is 7.79. The third-order valence-electron chi connectivity index (χ3n) is 3.08. The molecule has 1 heterocycles. The number of nitrogens with two attached hydrogens (primary N) is 1. The summed E-state index contributed by atoms with van der Waals surface area (Å²) < 4.78 is 2.17. The van der Waals surface area contributed by atoms with E-state index in [0.717, 1.165) is 6.42 Å². The van der Waals surface area contributed by atoms with E-state index in [1.54, 1.807) is 0 Å². The van der Waals surface area contributed by atoms with Gasteiger partial charge in [-0.15, -0.1) is 0 Å². The minimum absolute atomic E-state index is 0.168. The van der Waals surface area contributed by atoms with Crippen molar-refractivity contribution in [3.63, 3.8) is 0 Å². The van der Waals surface area contributed by atoms with Gasteiger partial charge in [0.25, 0.3) is 0 Å². The second-order valence-corrected chi connectivity index (χ2v) is 4.00. The summed E-state index contributed by atoms with van der Waals surface area (Å²) in [5.41, 5.74) is 9.37. The van der Waals surface area contributed by atoms with Crippen molar-refractivity contribution in [2.75, 3.05) is 13.2 Å². The normalized spacial score (nSPS) is 11.2. The molecule has 0 bridgehead atoms. The third kappa shape index (κ3) is 1.72. The zero-order valence-electron chi connectivity index (χ0n) is 9.61. The Kier molecular flexibility index (Phi) is 3.27. The number of para-hydroxylation sites is 1. The van der Waals surface area contributed by atoms with Crippen molar-refractivity contribution < 1.29 is 5.11 Å². The van der Waals surface area contributed by atoms with E-state index in [1.165, 1.54) is 22.2 Å². The molecule has 0 spiro atoms. The van der Waals surface area contributed by atoms with Gasteiger partial charge in [-0.25, -0.2) is 0 Å².